The smallest absolute Gasteiger partial charge is 0.243 e. The van der Waals surface area contributed by atoms with Gasteiger partial charge in [0.1, 0.15) is 0 Å². The van der Waals surface area contributed by atoms with Crippen LogP contribution in [0.2, 0.25) is 0 Å². The van der Waals surface area contributed by atoms with E-state index in [2.05, 4.69) is 0 Å². The summed E-state index contributed by atoms with van der Waals surface area (Å²) in [6.45, 7) is 2.99. The van der Waals surface area contributed by atoms with Gasteiger partial charge in [0.2, 0.25) is 10.0 Å². The minimum Gasteiger partial charge on any atom is -0.326 e. The van der Waals surface area contributed by atoms with Crippen LogP contribution in [0.3, 0.4) is 0 Å². The zero-order chi connectivity index (χ0) is 15.0. The van der Waals surface area contributed by atoms with Crippen molar-refractivity contribution in [1.29, 1.82) is 0 Å². The van der Waals surface area contributed by atoms with Gasteiger partial charge in [-0.3, -0.25) is 0 Å². The van der Waals surface area contributed by atoms with E-state index >= 15 is 0 Å². The van der Waals surface area contributed by atoms with Crippen molar-refractivity contribution in [2.45, 2.75) is 24.3 Å². The third-order valence-electron chi connectivity index (χ3n) is 4.02. The number of hydrogen-bond acceptors (Lipinski definition) is 3. The maximum absolute atomic E-state index is 12.8. The third kappa shape index (κ3) is 2.81. The molecule has 5 heteroatoms. The average molecular weight is 304 g/mol. The van der Waals surface area contributed by atoms with E-state index in [1.54, 1.807) is 12.1 Å². The molecule has 0 aliphatic carbocycles. The summed E-state index contributed by atoms with van der Waals surface area (Å²) in [5, 5.41) is 1.98. The quantitative estimate of drug-likeness (QED) is 0.925. The van der Waals surface area contributed by atoms with Crippen LogP contribution in [0.5, 0.6) is 0 Å². The Kier molecular flexibility index (Phi) is 3.73. The van der Waals surface area contributed by atoms with Crippen molar-refractivity contribution in [3.63, 3.8) is 0 Å². The summed E-state index contributed by atoms with van der Waals surface area (Å²) in [4.78, 5) is 0.350. The SMILES string of the molecule is CC1CC(N)CN(S(=O)(=O)c2ccc3ccccc3c2)C1. The van der Waals surface area contributed by atoms with Gasteiger partial charge in [0, 0.05) is 19.1 Å². The summed E-state index contributed by atoms with van der Waals surface area (Å²) in [5.74, 6) is 0.295. The van der Waals surface area contributed by atoms with E-state index in [4.69, 9.17) is 5.73 Å². The van der Waals surface area contributed by atoms with Crippen LogP contribution in [0, 0.1) is 5.92 Å². The van der Waals surface area contributed by atoms with E-state index in [1.807, 2.05) is 37.3 Å². The van der Waals surface area contributed by atoms with Crippen LogP contribution >= 0.6 is 0 Å². The van der Waals surface area contributed by atoms with E-state index in [1.165, 1.54) is 4.31 Å². The Bertz CT molecular complexity index is 748. The van der Waals surface area contributed by atoms with Gasteiger partial charge in [-0.05, 0) is 35.2 Å². The Balaban J connectivity index is 1.99. The Morgan fingerprint density at radius 2 is 1.81 bits per heavy atom. The van der Waals surface area contributed by atoms with Crippen molar-refractivity contribution in [2.75, 3.05) is 13.1 Å². The lowest BCUT2D eigenvalue weighted by molar-refractivity contribution is 0.254. The first kappa shape index (κ1) is 14.5. The lowest BCUT2D eigenvalue weighted by Gasteiger charge is -2.33. The highest BCUT2D eigenvalue weighted by atomic mass is 32.2. The van der Waals surface area contributed by atoms with Gasteiger partial charge in [0.15, 0.2) is 0 Å². The van der Waals surface area contributed by atoms with Crippen molar-refractivity contribution in [3.8, 4) is 0 Å². The summed E-state index contributed by atoms with van der Waals surface area (Å²) < 4.78 is 27.1. The topological polar surface area (TPSA) is 63.4 Å². The van der Waals surface area contributed by atoms with E-state index in [0.29, 0.717) is 23.9 Å². The van der Waals surface area contributed by atoms with Crippen LogP contribution in [-0.4, -0.2) is 31.9 Å². The van der Waals surface area contributed by atoms with Crippen molar-refractivity contribution in [2.24, 2.45) is 11.7 Å². The molecule has 2 N–H and O–H groups in total. The second kappa shape index (κ2) is 5.40. The predicted molar refractivity (Wildman–Crippen MR) is 84.5 cm³/mol. The summed E-state index contributed by atoms with van der Waals surface area (Å²) >= 11 is 0. The second-order valence-corrected chi connectivity index (χ2v) is 7.87. The van der Waals surface area contributed by atoms with E-state index in [0.717, 1.165) is 17.2 Å². The first-order valence-electron chi connectivity index (χ1n) is 7.21. The van der Waals surface area contributed by atoms with E-state index in [-0.39, 0.29) is 6.04 Å². The Labute approximate surface area is 125 Å². The number of nitrogens with two attached hydrogens (primary N) is 1. The van der Waals surface area contributed by atoms with Crippen molar-refractivity contribution >= 4 is 20.8 Å². The molecule has 112 valence electrons. The highest BCUT2D eigenvalue weighted by Gasteiger charge is 2.31. The molecule has 0 bridgehead atoms. The van der Waals surface area contributed by atoms with Gasteiger partial charge in [-0.15, -0.1) is 0 Å². The molecule has 0 amide bonds. The molecule has 0 saturated carbocycles. The average Bonchev–Trinajstić information content (AvgIpc) is 2.45. The number of nitrogens with zero attached hydrogens (tertiary/aromatic N) is 1. The molecule has 2 aromatic carbocycles. The monoisotopic (exact) mass is 304 g/mol. The van der Waals surface area contributed by atoms with Gasteiger partial charge in [-0.1, -0.05) is 37.3 Å². The van der Waals surface area contributed by atoms with Crippen LogP contribution in [0.15, 0.2) is 47.4 Å². The largest absolute Gasteiger partial charge is 0.326 e. The molecular formula is C16H20N2O2S. The molecule has 2 atom stereocenters. The van der Waals surface area contributed by atoms with Crippen LogP contribution in [0.1, 0.15) is 13.3 Å². The van der Waals surface area contributed by atoms with Gasteiger partial charge in [0.05, 0.1) is 4.90 Å². The molecule has 1 aliphatic rings. The molecule has 0 aromatic heterocycles. The van der Waals surface area contributed by atoms with Gasteiger partial charge in [0.25, 0.3) is 0 Å². The van der Waals surface area contributed by atoms with Crippen LogP contribution < -0.4 is 5.73 Å². The number of benzene rings is 2. The highest BCUT2D eigenvalue weighted by Crippen LogP contribution is 2.25. The number of piperidine rings is 1. The van der Waals surface area contributed by atoms with Crippen molar-refractivity contribution in [3.05, 3.63) is 42.5 Å². The summed E-state index contributed by atoms with van der Waals surface area (Å²) in [6, 6.07) is 13.0. The number of rotatable bonds is 2. The van der Waals surface area contributed by atoms with Gasteiger partial charge < -0.3 is 5.73 Å². The summed E-state index contributed by atoms with van der Waals surface area (Å²) in [5.41, 5.74) is 5.97. The first-order valence-corrected chi connectivity index (χ1v) is 8.65. The maximum Gasteiger partial charge on any atom is 0.243 e. The predicted octanol–water partition coefficient (Wildman–Crippen LogP) is 2.20. The number of hydrogen-bond donors (Lipinski definition) is 1. The third-order valence-corrected chi connectivity index (χ3v) is 5.84. The molecule has 21 heavy (non-hydrogen) atoms. The molecular weight excluding hydrogens is 284 g/mol. The molecule has 0 spiro atoms. The molecule has 1 aliphatic heterocycles. The number of sulfonamides is 1. The molecule has 1 heterocycles. The lowest BCUT2D eigenvalue weighted by atomic mass is 9.99. The summed E-state index contributed by atoms with van der Waals surface area (Å²) in [7, 11) is -3.47. The fourth-order valence-electron chi connectivity index (χ4n) is 3.02. The number of fused-ring (bicyclic) bond motifs is 1. The molecule has 4 nitrogen and oxygen atoms in total. The molecule has 0 radical (unpaired) electrons. The summed E-state index contributed by atoms with van der Waals surface area (Å²) in [6.07, 6.45) is 0.879. The maximum atomic E-state index is 12.8. The van der Waals surface area contributed by atoms with Gasteiger partial charge >= 0.3 is 0 Å². The Hall–Kier alpha value is -1.43. The molecule has 2 unspecified atom stereocenters. The fourth-order valence-corrected chi connectivity index (χ4v) is 4.68. The zero-order valence-corrected chi connectivity index (χ0v) is 12.9. The molecule has 3 rings (SSSR count). The zero-order valence-electron chi connectivity index (χ0n) is 12.1. The Morgan fingerprint density at radius 3 is 2.52 bits per heavy atom. The Morgan fingerprint density at radius 1 is 1.10 bits per heavy atom. The van der Waals surface area contributed by atoms with Crippen molar-refractivity contribution in [1.82, 2.24) is 4.31 Å². The first-order chi connectivity index (χ1) is 9.96. The van der Waals surface area contributed by atoms with Crippen LogP contribution in [-0.2, 0) is 10.0 Å². The highest BCUT2D eigenvalue weighted by molar-refractivity contribution is 7.89. The van der Waals surface area contributed by atoms with Crippen LogP contribution in [0.25, 0.3) is 10.8 Å². The van der Waals surface area contributed by atoms with Gasteiger partial charge in [-0.2, -0.15) is 4.31 Å². The fraction of sp³-hybridized carbons (Fsp3) is 0.375. The molecule has 1 fully saturated rings. The minimum atomic E-state index is -3.47. The molecule has 2 aromatic rings. The standard InChI is InChI=1S/C16H20N2O2S/c1-12-8-15(17)11-18(10-12)21(19,20)16-7-6-13-4-2-3-5-14(13)9-16/h2-7,9,12,15H,8,10-11,17H2,1H3. The van der Waals surface area contributed by atoms with E-state index in [9.17, 15) is 8.42 Å². The van der Waals surface area contributed by atoms with Crippen LogP contribution in [0.4, 0.5) is 0 Å². The van der Waals surface area contributed by atoms with Gasteiger partial charge in [-0.25, -0.2) is 8.42 Å². The second-order valence-electron chi connectivity index (χ2n) is 5.93. The van der Waals surface area contributed by atoms with E-state index < -0.39 is 10.0 Å². The minimum absolute atomic E-state index is 0.0796. The lowest BCUT2D eigenvalue weighted by Crippen LogP contribution is -2.48. The normalized spacial score (nSPS) is 24.3. The van der Waals surface area contributed by atoms with Crippen molar-refractivity contribution < 1.29 is 8.42 Å². The molecule has 1 saturated heterocycles.